The van der Waals surface area contributed by atoms with Crippen molar-refractivity contribution < 1.29 is 28.5 Å². The molecule has 10 rings (SSSR count). The molecule has 1 saturated heterocycles. The van der Waals surface area contributed by atoms with Crippen LogP contribution in [0.4, 0.5) is 4.79 Å². The quantitative estimate of drug-likeness (QED) is 0.186. The summed E-state index contributed by atoms with van der Waals surface area (Å²) in [5.41, 5.74) is 7.56. The molecule has 0 amide bonds. The first-order chi connectivity index (χ1) is 21.1. The summed E-state index contributed by atoms with van der Waals surface area (Å²) in [5.74, 6) is 2.42. The van der Waals surface area contributed by atoms with Crippen molar-refractivity contribution in [2.24, 2.45) is 17.8 Å². The minimum Gasteiger partial charge on any atom is -0.458 e. The third-order valence-corrected chi connectivity index (χ3v) is 11.4. The molecular formula is C37H28O6. The van der Waals surface area contributed by atoms with Gasteiger partial charge in [0.1, 0.15) is 29.5 Å². The summed E-state index contributed by atoms with van der Waals surface area (Å²) in [6.45, 7) is 0. The van der Waals surface area contributed by atoms with Crippen molar-refractivity contribution >= 4 is 12.1 Å². The Bertz CT molecular complexity index is 1790. The zero-order chi connectivity index (χ0) is 28.5. The minimum atomic E-state index is -0.774. The summed E-state index contributed by atoms with van der Waals surface area (Å²) < 4.78 is 22.6. The molecule has 6 nitrogen and oxygen atoms in total. The van der Waals surface area contributed by atoms with E-state index in [1.807, 2.05) is 12.1 Å². The molecule has 5 aliphatic carbocycles. The molecule has 1 heterocycles. The first kappa shape index (κ1) is 23.9. The first-order valence-corrected chi connectivity index (χ1v) is 15.2. The average Bonchev–Trinajstić information content (AvgIpc) is 3.70. The van der Waals surface area contributed by atoms with Gasteiger partial charge in [-0.1, -0.05) is 60.7 Å². The van der Waals surface area contributed by atoms with Gasteiger partial charge in [0.2, 0.25) is 0 Å². The second kappa shape index (κ2) is 8.07. The maximum absolute atomic E-state index is 12.5. The first-order valence-electron chi connectivity index (χ1n) is 15.2. The van der Waals surface area contributed by atoms with E-state index >= 15 is 0 Å². The van der Waals surface area contributed by atoms with Gasteiger partial charge in [0.15, 0.2) is 0 Å². The standard InChI is InChI=1S/C37H28O6/c38-34-28-18-21-17-27(28)32(42-34)31(21)43-35(39)41-24-15-13-23(14-16-24)40-22-11-9-20(10-12-22)33-36-19-37(33,36)30-8-4-2-6-26(30)25-5-1-3-7-29(25)36/h1-16,21,27-28,31-33H,17-19H2. The van der Waals surface area contributed by atoms with Gasteiger partial charge < -0.3 is 18.9 Å². The lowest BCUT2D eigenvalue weighted by molar-refractivity contribution is -0.146. The number of carbonyl (C=O) groups is 2. The van der Waals surface area contributed by atoms with E-state index in [-0.39, 0.29) is 40.7 Å². The fourth-order valence-corrected chi connectivity index (χ4v) is 9.57. The molecule has 4 aromatic rings. The summed E-state index contributed by atoms with van der Waals surface area (Å²) in [4.78, 5) is 24.5. The maximum atomic E-state index is 12.5. The summed E-state index contributed by atoms with van der Waals surface area (Å²) in [6, 6.07) is 33.3. The largest absolute Gasteiger partial charge is 0.514 e. The van der Waals surface area contributed by atoms with Crippen molar-refractivity contribution in [3.8, 4) is 28.4 Å². The fourth-order valence-electron chi connectivity index (χ4n) is 9.57. The number of carbonyl (C=O) groups excluding carboxylic acids is 2. The molecule has 7 atom stereocenters. The van der Waals surface area contributed by atoms with Crippen molar-refractivity contribution in [2.75, 3.05) is 0 Å². The SMILES string of the molecule is O=C(Oc1ccc(Oc2ccc(C3C45CC34c3ccccc3-c3ccccc35)cc2)cc1)OC1C2CC3C(=O)OC1C3C2. The highest BCUT2D eigenvalue weighted by Crippen LogP contribution is 2.95. The number of esters is 1. The van der Waals surface area contributed by atoms with Crippen LogP contribution >= 0.6 is 0 Å². The molecule has 5 fully saturated rings. The topological polar surface area (TPSA) is 71.1 Å². The highest BCUT2D eigenvalue weighted by molar-refractivity contribution is 5.88. The monoisotopic (exact) mass is 568 g/mol. The zero-order valence-corrected chi connectivity index (χ0v) is 23.3. The maximum Gasteiger partial charge on any atom is 0.514 e. The van der Waals surface area contributed by atoms with Crippen LogP contribution in [0.2, 0.25) is 0 Å². The van der Waals surface area contributed by atoms with E-state index in [2.05, 4.69) is 60.7 Å². The van der Waals surface area contributed by atoms with E-state index in [4.69, 9.17) is 18.9 Å². The predicted molar refractivity (Wildman–Crippen MR) is 156 cm³/mol. The lowest BCUT2D eigenvalue weighted by Gasteiger charge is -2.24. The number of ether oxygens (including phenoxy) is 4. The molecule has 6 heteroatoms. The Morgan fingerprint density at radius 2 is 1.35 bits per heavy atom. The third kappa shape index (κ3) is 3.03. The lowest BCUT2D eigenvalue weighted by atomic mass is 9.86. The van der Waals surface area contributed by atoms with Gasteiger partial charge in [0.25, 0.3) is 0 Å². The van der Waals surface area contributed by atoms with Crippen LogP contribution < -0.4 is 9.47 Å². The highest BCUT2D eigenvalue weighted by atomic mass is 16.7. The highest BCUT2D eigenvalue weighted by Gasteiger charge is 2.93. The van der Waals surface area contributed by atoms with E-state index in [0.717, 1.165) is 18.6 Å². The molecule has 212 valence electrons. The molecular weight excluding hydrogens is 540 g/mol. The summed E-state index contributed by atoms with van der Waals surface area (Å²) in [6.07, 6.45) is 1.30. The molecule has 0 radical (unpaired) electrons. The lowest BCUT2D eigenvalue weighted by Crippen LogP contribution is -2.36. The number of fused-ring (bicyclic) bond motifs is 4. The van der Waals surface area contributed by atoms with Crippen LogP contribution in [0.3, 0.4) is 0 Å². The van der Waals surface area contributed by atoms with E-state index in [1.54, 1.807) is 24.3 Å². The van der Waals surface area contributed by atoms with Gasteiger partial charge >= 0.3 is 12.1 Å². The normalized spacial score (nSPS) is 34.3. The van der Waals surface area contributed by atoms with Crippen molar-refractivity contribution in [1.82, 2.24) is 0 Å². The Kier molecular flexibility index (Phi) is 4.49. The van der Waals surface area contributed by atoms with Gasteiger partial charge in [-0.25, -0.2) is 4.79 Å². The van der Waals surface area contributed by atoms with E-state index in [9.17, 15) is 9.59 Å². The van der Waals surface area contributed by atoms with Gasteiger partial charge in [-0.3, -0.25) is 4.79 Å². The number of hydrogen-bond acceptors (Lipinski definition) is 6. The summed E-state index contributed by atoms with van der Waals surface area (Å²) in [7, 11) is 0. The van der Waals surface area contributed by atoms with Crippen LogP contribution in [0.15, 0.2) is 97.1 Å². The van der Waals surface area contributed by atoms with Crippen LogP contribution in [-0.2, 0) is 25.1 Å². The van der Waals surface area contributed by atoms with Crippen LogP contribution in [0, 0.1) is 17.8 Å². The molecule has 4 saturated carbocycles. The predicted octanol–water partition coefficient (Wildman–Crippen LogP) is 7.30. The van der Waals surface area contributed by atoms with Gasteiger partial charge in [-0.2, -0.15) is 0 Å². The minimum absolute atomic E-state index is 0.0207. The van der Waals surface area contributed by atoms with Crippen molar-refractivity contribution in [3.63, 3.8) is 0 Å². The van der Waals surface area contributed by atoms with Gasteiger partial charge in [0, 0.05) is 28.6 Å². The molecule has 2 bridgehead atoms. The number of hydrogen-bond donors (Lipinski definition) is 0. The Morgan fingerprint density at radius 3 is 2.02 bits per heavy atom. The zero-order valence-electron chi connectivity index (χ0n) is 23.3. The molecule has 6 aliphatic rings. The Labute approximate surface area is 248 Å². The second-order valence-electron chi connectivity index (χ2n) is 13.1. The average molecular weight is 569 g/mol. The molecule has 0 spiro atoms. The summed E-state index contributed by atoms with van der Waals surface area (Å²) in [5, 5.41) is 0. The van der Waals surface area contributed by atoms with Gasteiger partial charge in [0.05, 0.1) is 5.92 Å². The third-order valence-electron chi connectivity index (χ3n) is 11.4. The van der Waals surface area contributed by atoms with Gasteiger partial charge in [-0.15, -0.1) is 0 Å². The molecule has 4 aromatic carbocycles. The Morgan fingerprint density at radius 1 is 0.744 bits per heavy atom. The number of rotatable bonds is 5. The molecule has 0 N–H and O–H groups in total. The van der Waals surface area contributed by atoms with E-state index in [1.165, 1.54) is 34.2 Å². The van der Waals surface area contributed by atoms with Crippen LogP contribution in [0.5, 0.6) is 17.2 Å². The van der Waals surface area contributed by atoms with Crippen LogP contribution in [0.1, 0.15) is 41.9 Å². The second-order valence-corrected chi connectivity index (χ2v) is 13.1. The fraction of sp³-hybridized carbons (Fsp3) is 0.297. The molecule has 0 aromatic heterocycles. The Hall–Kier alpha value is -4.58. The van der Waals surface area contributed by atoms with Crippen LogP contribution in [-0.4, -0.2) is 24.3 Å². The van der Waals surface area contributed by atoms with Crippen molar-refractivity contribution in [3.05, 3.63) is 114 Å². The van der Waals surface area contributed by atoms with E-state index < -0.39 is 12.3 Å². The Balaban J connectivity index is 0.816. The molecule has 1 aliphatic heterocycles. The smallest absolute Gasteiger partial charge is 0.458 e. The number of benzene rings is 4. The molecule has 43 heavy (non-hydrogen) atoms. The molecule has 7 unspecified atom stereocenters. The summed E-state index contributed by atoms with van der Waals surface area (Å²) >= 11 is 0. The van der Waals surface area contributed by atoms with Crippen LogP contribution in [0.25, 0.3) is 11.1 Å². The van der Waals surface area contributed by atoms with E-state index in [0.29, 0.717) is 17.4 Å². The van der Waals surface area contributed by atoms with Crippen molar-refractivity contribution in [2.45, 2.75) is 48.2 Å². The van der Waals surface area contributed by atoms with Gasteiger partial charge in [-0.05, 0) is 83.5 Å². The van der Waals surface area contributed by atoms with Crippen molar-refractivity contribution in [1.29, 1.82) is 0 Å².